The summed E-state index contributed by atoms with van der Waals surface area (Å²) in [7, 11) is 1.67. The van der Waals surface area contributed by atoms with Crippen molar-refractivity contribution in [3.05, 3.63) is 53.6 Å². The van der Waals surface area contributed by atoms with Gasteiger partial charge >= 0.3 is 0 Å². The Morgan fingerprint density at radius 2 is 2.07 bits per heavy atom. The quantitative estimate of drug-likeness (QED) is 0.487. The molecule has 0 fully saturated rings. The standard InChI is InChI=1S/C22H26N2O4/c1-27-18-6-4-5-16(13-18)10-12-23-11-3-2-7-20(25)17-8-9-21-19(14-17)24-22(26)15-28-21/h4-6,8-9,13-14,23H,2-3,7,10-12,15H2,1H3,(H,24,26). The van der Waals surface area contributed by atoms with E-state index in [1.54, 1.807) is 25.3 Å². The van der Waals surface area contributed by atoms with Gasteiger partial charge in [0.15, 0.2) is 12.4 Å². The number of methoxy groups -OCH3 is 1. The van der Waals surface area contributed by atoms with Gasteiger partial charge in [-0.15, -0.1) is 0 Å². The molecule has 0 spiro atoms. The van der Waals surface area contributed by atoms with Crippen LogP contribution in [0.1, 0.15) is 35.2 Å². The van der Waals surface area contributed by atoms with E-state index < -0.39 is 0 Å². The Hall–Kier alpha value is -2.86. The number of benzene rings is 2. The lowest BCUT2D eigenvalue weighted by Crippen LogP contribution is -2.25. The van der Waals surface area contributed by atoms with Crippen LogP contribution in [-0.4, -0.2) is 38.5 Å². The van der Waals surface area contributed by atoms with Crippen LogP contribution < -0.4 is 20.1 Å². The van der Waals surface area contributed by atoms with Crippen LogP contribution in [0.3, 0.4) is 0 Å². The van der Waals surface area contributed by atoms with Gasteiger partial charge in [0, 0.05) is 12.0 Å². The van der Waals surface area contributed by atoms with Crippen molar-refractivity contribution in [2.45, 2.75) is 25.7 Å². The van der Waals surface area contributed by atoms with Crippen molar-refractivity contribution in [1.82, 2.24) is 5.32 Å². The summed E-state index contributed by atoms with van der Waals surface area (Å²) in [4.78, 5) is 23.8. The molecule has 0 radical (unpaired) electrons. The molecular weight excluding hydrogens is 356 g/mol. The van der Waals surface area contributed by atoms with Crippen LogP contribution >= 0.6 is 0 Å². The van der Waals surface area contributed by atoms with Gasteiger partial charge in [-0.1, -0.05) is 12.1 Å². The van der Waals surface area contributed by atoms with E-state index in [1.165, 1.54) is 5.56 Å². The van der Waals surface area contributed by atoms with Gasteiger partial charge in [0.1, 0.15) is 11.5 Å². The van der Waals surface area contributed by atoms with E-state index in [9.17, 15) is 9.59 Å². The first-order chi connectivity index (χ1) is 13.7. The molecule has 148 valence electrons. The monoisotopic (exact) mass is 382 g/mol. The number of Topliss-reactive ketones (excluding diaryl/α,β-unsaturated/α-hetero) is 1. The molecule has 1 amide bonds. The maximum Gasteiger partial charge on any atom is 0.262 e. The van der Waals surface area contributed by atoms with Crippen molar-refractivity contribution in [1.29, 1.82) is 0 Å². The molecule has 6 heteroatoms. The number of carbonyl (C=O) groups is 2. The molecular formula is C22H26N2O4. The van der Waals surface area contributed by atoms with E-state index >= 15 is 0 Å². The number of unbranched alkanes of at least 4 members (excludes halogenated alkanes) is 1. The Labute approximate surface area is 165 Å². The zero-order chi connectivity index (χ0) is 19.8. The molecule has 1 aliphatic rings. The topological polar surface area (TPSA) is 76.7 Å². The molecule has 0 unspecified atom stereocenters. The normalized spacial score (nSPS) is 12.7. The third kappa shape index (κ3) is 5.57. The number of ketones is 1. The fourth-order valence-corrected chi connectivity index (χ4v) is 3.12. The highest BCUT2D eigenvalue weighted by molar-refractivity contribution is 6.00. The maximum atomic E-state index is 12.4. The average molecular weight is 382 g/mol. The number of nitrogens with one attached hydrogen (secondary N) is 2. The van der Waals surface area contributed by atoms with E-state index in [0.717, 1.165) is 38.1 Å². The lowest BCUT2D eigenvalue weighted by Gasteiger charge is -2.18. The first-order valence-electron chi connectivity index (χ1n) is 9.59. The molecule has 2 N–H and O–H groups in total. The largest absolute Gasteiger partial charge is 0.497 e. The molecule has 0 atom stereocenters. The molecule has 2 aromatic rings. The van der Waals surface area contributed by atoms with Gasteiger partial charge in [-0.2, -0.15) is 0 Å². The molecule has 2 aromatic carbocycles. The van der Waals surface area contributed by atoms with Crippen molar-refractivity contribution in [2.75, 3.05) is 32.1 Å². The van der Waals surface area contributed by atoms with Crippen LogP contribution in [0, 0.1) is 0 Å². The minimum atomic E-state index is -0.197. The molecule has 0 aliphatic carbocycles. The Bertz CT molecular complexity index is 835. The Kier molecular flexibility index (Phi) is 7.03. The molecule has 0 aromatic heterocycles. The molecule has 3 rings (SSSR count). The summed E-state index contributed by atoms with van der Waals surface area (Å²) >= 11 is 0. The molecule has 28 heavy (non-hydrogen) atoms. The van der Waals surface area contributed by atoms with Crippen LogP contribution in [0.4, 0.5) is 5.69 Å². The van der Waals surface area contributed by atoms with E-state index in [4.69, 9.17) is 9.47 Å². The number of amides is 1. The predicted octanol–water partition coefficient (Wildman–Crippen LogP) is 3.21. The highest BCUT2D eigenvalue weighted by Gasteiger charge is 2.17. The van der Waals surface area contributed by atoms with Crippen molar-refractivity contribution in [3.63, 3.8) is 0 Å². The summed E-state index contributed by atoms with van der Waals surface area (Å²) in [5.41, 5.74) is 2.42. The number of anilines is 1. The molecule has 1 aliphatic heterocycles. The number of hydrogen-bond donors (Lipinski definition) is 2. The number of hydrogen-bond acceptors (Lipinski definition) is 5. The van der Waals surface area contributed by atoms with E-state index in [0.29, 0.717) is 23.4 Å². The molecule has 0 saturated carbocycles. The minimum Gasteiger partial charge on any atom is -0.497 e. The number of carbonyl (C=O) groups excluding carboxylic acids is 2. The summed E-state index contributed by atoms with van der Waals surface area (Å²) in [5, 5.41) is 6.15. The second-order valence-electron chi connectivity index (χ2n) is 6.78. The zero-order valence-corrected chi connectivity index (χ0v) is 16.1. The SMILES string of the molecule is COc1cccc(CCNCCCCC(=O)c2ccc3c(c2)NC(=O)CO3)c1. The fraction of sp³-hybridized carbons (Fsp3) is 0.364. The van der Waals surface area contributed by atoms with Crippen LogP contribution in [0.5, 0.6) is 11.5 Å². The third-order valence-electron chi connectivity index (χ3n) is 4.67. The van der Waals surface area contributed by atoms with Gasteiger partial charge in [-0.25, -0.2) is 0 Å². The van der Waals surface area contributed by atoms with Crippen LogP contribution in [-0.2, 0) is 11.2 Å². The van der Waals surface area contributed by atoms with Crippen molar-refractivity contribution in [3.8, 4) is 11.5 Å². The van der Waals surface area contributed by atoms with Crippen LogP contribution in [0.2, 0.25) is 0 Å². The highest BCUT2D eigenvalue weighted by Crippen LogP contribution is 2.29. The van der Waals surface area contributed by atoms with Gasteiger partial charge in [-0.3, -0.25) is 9.59 Å². The molecule has 1 heterocycles. The summed E-state index contributed by atoms with van der Waals surface area (Å²) in [6.45, 7) is 1.79. The summed E-state index contributed by atoms with van der Waals surface area (Å²) in [6.07, 6.45) is 3.20. The second-order valence-corrected chi connectivity index (χ2v) is 6.78. The smallest absolute Gasteiger partial charge is 0.262 e. The van der Waals surface area contributed by atoms with Gasteiger partial charge in [0.25, 0.3) is 5.91 Å². The van der Waals surface area contributed by atoms with Gasteiger partial charge < -0.3 is 20.1 Å². The Morgan fingerprint density at radius 1 is 1.18 bits per heavy atom. The maximum absolute atomic E-state index is 12.4. The number of fused-ring (bicyclic) bond motifs is 1. The van der Waals surface area contributed by atoms with Crippen molar-refractivity contribution >= 4 is 17.4 Å². The van der Waals surface area contributed by atoms with E-state index in [2.05, 4.69) is 16.7 Å². The van der Waals surface area contributed by atoms with E-state index in [1.807, 2.05) is 18.2 Å². The minimum absolute atomic E-state index is 0.0190. The lowest BCUT2D eigenvalue weighted by atomic mass is 10.0. The lowest BCUT2D eigenvalue weighted by molar-refractivity contribution is -0.118. The van der Waals surface area contributed by atoms with Crippen molar-refractivity contribution < 1.29 is 19.1 Å². The van der Waals surface area contributed by atoms with E-state index in [-0.39, 0.29) is 18.3 Å². The van der Waals surface area contributed by atoms with Gasteiger partial charge in [0.05, 0.1) is 12.8 Å². The first kappa shape index (κ1) is 19.9. The highest BCUT2D eigenvalue weighted by atomic mass is 16.5. The molecule has 0 saturated heterocycles. The van der Waals surface area contributed by atoms with Crippen molar-refractivity contribution in [2.24, 2.45) is 0 Å². The summed E-state index contributed by atoms with van der Waals surface area (Å²) < 4.78 is 10.5. The molecule has 0 bridgehead atoms. The Balaban J connectivity index is 1.33. The predicted molar refractivity (Wildman–Crippen MR) is 108 cm³/mol. The molecule has 6 nitrogen and oxygen atoms in total. The number of rotatable bonds is 10. The Morgan fingerprint density at radius 3 is 2.93 bits per heavy atom. The van der Waals surface area contributed by atoms with Gasteiger partial charge in [0.2, 0.25) is 0 Å². The number of ether oxygens (including phenoxy) is 2. The first-order valence-corrected chi connectivity index (χ1v) is 9.59. The second kappa shape index (κ2) is 9.90. The van der Waals surface area contributed by atoms with Crippen LogP contribution in [0.25, 0.3) is 0 Å². The third-order valence-corrected chi connectivity index (χ3v) is 4.67. The van der Waals surface area contributed by atoms with Gasteiger partial charge in [-0.05, 0) is 68.2 Å². The summed E-state index contributed by atoms with van der Waals surface area (Å²) in [6, 6.07) is 13.3. The zero-order valence-electron chi connectivity index (χ0n) is 16.1. The average Bonchev–Trinajstić information content (AvgIpc) is 2.72. The summed E-state index contributed by atoms with van der Waals surface area (Å²) in [5.74, 6) is 1.37. The van der Waals surface area contributed by atoms with Crippen LogP contribution in [0.15, 0.2) is 42.5 Å². The fourth-order valence-electron chi connectivity index (χ4n) is 3.12.